The highest BCUT2D eigenvalue weighted by Gasteiger charge is 2.23. The van der Waals surface area contributed by atoms with E-state index in [0.717, 1.165) is 48.8 Å². The van der Waals surface area contributed by atoms with Crippen molar-refractivity contribution in [1.29, 1.82) is 0 Å². The van der Waals surface area contributed by atoms with Crippen LogP contribution in [0.5, 0.6) is 5.75 Å². The first-order chi connectivity index (χ1) is 14.3. The maximum absolute atomic E-state index is 5.39. The number of anilines is 1. The molecule has 29 heavy (non-hydrogen) atoms. The maximum Gasteiger partial charge on any atom is 0.254 e. The first kappa shape index (κ1) is 17.7. The van der Waals surface area contributed by atoms with Gasteiger partial charge >= 0.3 is 0 Å². The largest absolute Gasteiger partial charge is 0.497 e. The number of hydrogen-bond acceptors (Lipinski definition) is 5. The zero-order chi connectivity index (χ0) is 19.6. The first-order valence-electron chi connectivity index (χ1n) is 9.97. The second-order valence-corrected chi connectivity index (χ2v) is 7.38. The topological polar surface area (TPSA) is 55.5 Å². The van der Waals surface area contributed by atoms with Crippen LogP contribution in [0, 0.1) is 0 Å². The summed E-state index contributed by atoms with van der Waals surface area (Å²) in [5.74, 6) is 3.16. The van der Waals surface area contributed by atoms with Gasteiger partial charge < -0.3 is 9.64 Å². The van der Waals surface area contributed by atoms with Gasteiger partial charge in [0.05, 0.1) is 12.8 Å². The molecule has 0 aliphatic carbocycles. The third-order valence-corrected chi connectivity index (χ3v) is 5.69. The van der Waals surface area contributed by atoms with Crippen LogP contribution in [0.4, 0.5) is 5.82 Å². The maximum atomic E-state index is 5.39. The molecule has 0 saturated carbocycles. The zero-order valence-corrected chi connectivity index (χ0v) is 16.4. The standard InChI is InChI=1S/C23H23N5O/c1-29-20-9-5-8-19(14-20)17-10-12-27(13-11-17)22-15-21(18-6-3-2-4-7-18)26-23-24-16-25-28(22)23/h2-9,14-17H,10-13H2,1H3. The third kappa shape index (κ3) is 3.42. The SMILES string of the molecule is COc1cccc(C2CCN(c3cc(-c4ccccc4)nc4ncnn34)CC2)c1. The van der Waals surface area contributed by atoms with E-state index in [2.05, 4.69) is 51.4 Å². The molecule has 4 aromatic rings. The molecule has 146 valence electrons. The Hall–Kier alpha value is -3.41. The predicted molar refractivity (Wildman–Crippen MR) is 113 cm³/mol. The molecule has 0 spiro atoms. The average Bonchev–Trinajstić information content (AvgIpc) is 3.28. The Morgan fingerprint density at radius 3 is 2.59 bits per heavy atom. The van der Waals surface area contributed by atoms with Crippen molar-refractivity contribution in [2.24, 2.45) is 0 Å². The molecule has 5 rings (SSSR count). The van der Waals surface area contributed by atoms with Crippen molar-refractivity contribution in [2.75, 3.05) is 25.1 Å². The van der Waals surface area contributed by atoms with E-state index in [9.17, 15) is 0 Å². The minimum Gasteiger partial charge on any atom is -0.497 e. The van der Waals surface area contributed by atoms with Crippen molar-refractivity contribution >= 4 is 11.6 Å². The lowest BCUT2D eigenvalue weighted by atomic mass is 9.89. The average molecular weight is 385 g/mol. The van der Waals surface area contributed by atoms with Crippen LogP contribution in [0.1, 0.15) is 24.3 Å². The summed E-state index contributed by atoms with van der Waals surface area (Å²) in [5.41, 5.74) is 3.37. The van der Waals surface area contributed by atoms with Crippen molar-refractivity contribution < 1.29 is 4.74 Å². The number of hydrogen-bond donors (Lipinski definition) is 0. The lowest BCUT2D eigenvalue weighted by Gasteiger charge is -2.33. The molecule has 1 fully saturated rings. The molecule has 1 saturated heterocycles. The second kappa shape index (κ2) is 7.54. The van der Waals surface area contributed by atoms with E-state index >= 15 is 0 Å². The molecule has 6 nitrogen and oxygen atoms in total. The molecule has 0 bridgehead atoms. The van der Waals surface area contributed by atoms with Gasteiger partial charge in [-0.15, -0.1) is 0 Å². The van der Waals surface area contributed by atoms with Gasteiger partial charge in [-0.1, -0.05) is 42.5 Å². The van der Waals surface area contributed by atoms with Crippen LogP contribution in [-0.2, 0) is 0 Å². The molecular formula is C23H23N5O. The van der Waals surface area contributed by atoms with Crippen LogP contribution in [0.25, 0.3) is 17.0 Å². The summed E-state index contributed by atoms with van der Waals surface area (Å²) in [6.07, 6.45) is 3.75. The molecule has 0 unspecified atom stereocenters. The molecule has 0 amide bonds. The normalized spacial score (nSPS) is 15.0. The molecule has 2 aromatic heterocycles. The Bertz CT molecular complexity index is 1120. The Labute approximate surface area is 169 Å². The van der Waals surface area contributed by atoms with Crippen molar-refractivity contribution in [3.8, 4) is 17.0 Å². The minimum absolute atomic E-state index is 0.544. The zero-order valence-electron chi connectivity index (χ0n) is 16.4. The van der Waals surface area contributed by atoms with Gasteiger partial charge in [0.2, 0.25) is 0 Å². The fourth-order valence-corrected chi connectivity index (χ4v) is 4.12. The van der Waals surface area contributed by atoms with E-state index in [-0.39, 0.29) is 0 Å². The lowest BCUT2D eigenvalue weighted by molar-refractivity contribution is 0.412. The van der Waals surface area contributed by atoms with Gasteiger partial charge in [0.15, 0.2) is 0 Å². The highest BCUT2D eigenvalue weighted by Crippen LogP contribution is 2.33. The Balaban J connectivity index is 1.42. The quantitative estimate of drug-likeness (QED) is 0.527. The van der Waals surface area contributed by atoms with Crippen LogP contribution in [0.2, 0.25) is 0 Å². The summed E-state index contributed by atoms with van der Waals surface area (Å²) in [6, 6.07) is 20.8. The monoisotopic (exact) mass is 385 g/mol. The van der Waals surface area contributed by atoms with Gasteiger partial charge in [-0.05, 0) is 36.5 Å². The van der Waals surface area contributed by atoms with Crippen molar-refractivity contribution in [3.63, 3.8) is 0 Å². The molecule has 0 atom stereocenters. The van der Waals surface area contributed by atoms with Crippen molar-refractivity contribution in [3.05, 3.63) is 72.6 Å². The number of piperidine rings is 1. The van der Waals surface area contributed by atoms with Gasteiger partial charge in [0.1, 0.15) is 17.9 Å². The van der Waals surface area contributed by atoms with Crippen molar-refractivity contribution in [2.45, 2.75) is 18.8 Å². The van der Waals surface area contributed by atoms with Crippen LogP contribution >= 0.6 is 0 Å². The number of nitrogens with zero attached hydrogens (tertiary/aromatic N) is 5. The molecule has 6 heteroatoms. The van der Waals surface area contributed by atoms with Crippen LogP contribution in [-0.4, -0.2) is 39.8 Å². The lowest BCUT2D eigenvalue weighted by Crippen LogP contribution is -2.34. The summed E-state index contributed by atoms with van der Waals surface area (Å²) in [5, 5.41) is 4.41. The van der Waals surface area contributed by atoms with E-state index in [1.165, 1.54) is 5.56 Å². The third-order valence-electron chi connectivity index (χ3n) is 5.69. The Morgan fingerprint density at radius 2 is 1.79 bits per heavy atom. The van der Waals surface area contributed by atoms with E-state index in [4.69, 9.17) is 9.72 Å². The fourth-order valence-electron chi connectivity index (χ4n) is 4.12. The van der Waals surface area contributed by atoms with Gasteiger partial charge in [-0.25, -0.2) is 4.98 Å². The van der Waals surface area contributed by atoms with Crippen LogP contribution < -0.4 is 9.64 Å². The van der Waals surface area contributed by atoms with E-state index in [1.807, 2.05) is 28.8 Å². The number of ether oxygens (including phenoxy) is 1. The highest BCUT2D eigenvalue weighted by molar-refractivity contribution is 5.65. The predicted octanol–water partition coefficient (Wildman–Crippen LogP) is 4.18. The van der Waals surface area contributed by atoms with Crippen molar-refractivity contribution in [1.82, 2.24) is 19.6 Å². The number of rotatable bonds is 4. The van der Waals surface area contributed by atoms with Gasteiger partial charge in [-0.2, -0.15) is 14.6 Å². The first-order valence-corrected chi connectivity index (χ1v) is 9.97. The van der Waals surface area contributed by atoms with Crippen LogP contribution in [0.3, 0.4) is 0 Å². The number of aromatic nitrogens is 4. The highest BCUT2D eigenvalue weighted by atomic mass is 16.5. The summed E-state index contributed by atoms with van der Waals surface area (Å²) >= 11 is 0. The minimum atomic E-state index is 0.544. The smallest absolute Gasteiger partial charge is 0.254 e. The molecule has 2 aromatic carbocycles. The van der Waals surface area contributed by atoms with Crippen LogP contribution in [0.15, 0.2) is 67.0 Å². The summed E-state index contributed by atoms with van der Waals surface area (Å²) < 4.78 is 7.24. The fraction of sp³-hybridized carbons (Fsp3) is 0.261. The molecular weight excluding hydrogens is 362 g/mol. The number of benzene rings is 2. The molecule has 1 aliphatic rings. The summed E-state index contributed by atoms with van der Waals surface area (Å²) in [7, 11) is 1.72. The van der Waals surface area contributed by atoms with E-state index < -0.39 is 0 Å². The molecule has 0 radical (unpaired) electrons. The number of fused-ring (bicyclic) bond motifs is 1. The van der Waals surface area contributed by atoms with Gasteiger partial charge in [-0.3, -0.25) is 0 Å². The Kier molecular flexibility index (Phi) is 4.60. The van der Waals surface area contributed by atoms with E-state index in [0.29, 0.717) is 11.7 Å². The van der Waals surface area contributed by atoms with E-state index in [1.54, 1.807) is 13.4 Å². The number of methoxy groups -OCH3 is 1. The molecule has 1 aliphatic heterocycles. The molecule has 3 heterocycles. The van der Waals surface area contributed by atoms with Gasteiger partial charge in [0.25, 0.3) is 5.78 Å². The van der Waals surface area contributed by atoms with Gasteiger partial charge in [0, 0.05) is 24.7 Å². The summed E-state index contributed by atoms with van der Waals surface area (Å²) in [4.78, 5) is 11.4. The Morgan fingerprint density at radius 1 is 0.966 bits per heavy atom. The second-order valence-electron chi connectivity index (χ2n) is 7.38. The summed E-state index contributed by atoms with van der Waals surface area (Å²) in [6.45, 7) is 1.93. The molecule has 0 N–H and O–H groups in total.